The molecule has 3 rings (SSSR count). The van der Waals surface area contributed by atoms with Gasteiger partial charge in [0.25, 0.3) is 5.91 Å². The molecule has 1 aromatic carbocycles. The minimum Gasteiger partial charge on any atom is -0.454 e. The van der Waals surface area contributed by atoms with Crippen molar-refractivity contribution in [1.29, 1.82) is 5.41 Å². The van der Waals surface area contributed by atoms with Crippen molar-refractivity contribution in [1.82, 2.24) is 9.88 Å². The molecule has 0 saturated heterocycles. The number of ether oxygens (including phenoxy) is 4. The molecule has 9 nitrogen and oxygen atoms in total. The van der Waals surface area contributed by atoms with Crippen LogP contribution in [0.15, 0.2) is 55.4 Å². The number of nitrogens with zero attached hydrogens (tertiary/aromatic N) is 2. The van der Waals surface area contributed by atoms with E-state index in [0.29, 0.717) is 29.4 Å². The second-order valence-electron chi connectivity index (χ2n) is 5.99. The molecule has 166 valence electrons. The normalized spacial score (nSPS) is 10.5. The molecule has 2 heterocycles. The number of ketones is 1. The molecular formula is C22H27N3O6. The van der Waals surface area contributed by atoms with Crippen LogP contribution in [0.25, 0.3) is 0 Å². The second kappa shape index (κ2) is 14.4. The maximum atomic E-state index is 12.3. The molecule has 0 spiro atoms. The lowest BCUT2D eigenvalue weighted by molar-refractivity contribution is -0.00272. The fraction of sp³-hybridized carbons (Fsp3) is 0.273. The number of amides is 1. The standard InChI is InChI=1S/C16H14N2O4.C3H5N.C3H8O2/c1-18(16(20)12-3-2-6-17-8-12)9-13(19)11-4-5-14-15(7-11)22-10-21-14;1-2-3-4;1-4-3-5-2/h2-8H,9-10H2,1H3;2-4H,1H2;3H2,1-2H3. The third-order valence-corrected chi connectivity index (χ3v) is 3.68. The predicted molar refractivity (Wildman–Crippen MR) is 116 cm³/mol. The highest BCUT2D eigenvalue weighted by molar-refractivity contribution is 6.02. The molecule has 0 saturated carbocycles. The number of carbonyl (C=O) groups excluding carboxylic acids is 2. The van der Waals surface area contributed by atoms with E-state index in [-0.39, 0.29) is 25.0 Å². The minimum absolute atomic E-state index is 0.0205. The second-order valence-corrected chi connectivity index (χ2v) is 5.99. The van der Waals surface area contributed by atoms with E-state index in [2.05, 4.69) is 21.0 Å². The molecule has 1 aliphatic rings. The third kappa shape index (κ3) is 8.77. The number of carbonyl (C=O) groups is 2. The fourth-order valence-corrected chi connectivity index (χ4v) is 2.28. The van der Waals surface area contributed by atoms with Gasteiger partial charge in [-0.05, 0) is 30.3 Å². The Morgan fingerprint density at radius 1 is 1.19 bits per heavy atom. The molecule has 0 unspecified atom stereocenters. The van der Waals surface area contributed by atoms with E-state index in [0.717, 1.165) is 6.21 Å². The predicted octanol–water partition coefficient (Wildman–Crippen LogP) is 2.82. The lowest BCUT2D eigenvalue weighted by Gasteiger charge is -2.16. The Morgan fingerprint density at radius 2 is 1.87 bits per heavy atom. The van der Waals surface area contributed by atoms with Crippen molar-refractivity contribution < 1.29 is 28.5 Å². The molecule has 1 aliphatic heterocycles. The number of pyridine rings is 1. The third-order valence-electron chi connectivity index (χ3n) is 3.68. The van der Waals surface area contributed by atoms with Gasteiger partial charge in [0, 0.05) is 45.4 Å². The van der Waals surface area contributed by atoms with E-state index < -0.39 is 0 Å². The number of likely N-dealkylation sites (N-methyl/N-ethyl adjacent to an activating group) is 1. The Hall–Kier alpha value is -3.56. The Labute approximate surface area is 181 Å². The first-order valence-corrected chi connectivity index (χ1v) is 9.16. The molecule has 1 N–H and O–H groups in total. The van der Waals surface area contributed by atoms with Crippen LogP contribution < -0.4 is 9.47 Å². The summed E-state index contributed by atoms with van der Waals surface area (Å²) in [4.78, 5) is 29.7. The summed E-state index contributed by atoms with van der Waals surface area (Å²) in [6.07, 6.45) is 5.62. The van der Waals surface area contributed by atoms with Gasteiger partial charge in [-0.25, -0.2) is 0 Å². The number of hydrogen-bond acceptors (Lipinski definition) is 8. The SMILES string of the molecule is C=CC=N.CN(CC(=O)c1ccc2c(c1)OCO2)C(=O)c1cccnc1.COCOC. The van der Waals surface area contributed by atoms with Crippen LogP contribution in [0.1, 0.15) is 20.7 Å². The molecule has 1 aromatic heterocycles. The molecule has 2 aromatic rings. The van der Waals surface area contributed by atoms with Gasteiger partial charge >= 0.3 is 0 Å². The van der Waals surface area contributed by atoms with E-state index in [1.165, 1.54) is 17.2 Å². The maximum absolute atomic E-state index is 12.3. The average Bonchev–Trinajstić information content (AvgIpc) is 3.28. The van der Waals surface area contributed by atoms with Gasteiger partial charge in [0.15, 0.2) is 17.3 Å². The van der Waals surface area contributed by atoms with Gasteiger partial charge in [-0.1, -0.05) is 12.7 Å². The smallest absolute Gasteiger partial charge is 0.255 e. The Bertz CT molecular complexity index is 850. The van der Waals surface area contributed by atoms with Crippen molar-refractivity contribution in [2.45, 2.75) is 0 Å². The highest BCUT2D eigenvalue weighted by atomic mass is 16.7. The summed E-state index contributed by atoms with van der Waals surface area (Å²) in [5, 5.41) is 6.21. The first-order valence-electron chi connectivity index (χ1n) is 9.16. The van der Waals surface area contributed by atoms with Crippen molar-refractivity contribution in [3.63, 3.8) is 0 Å². The molecule has 0 aliphatic carbocycles. The number of fused-ring (bicyclic) bond motifs is 1. The molecular weight excluding hydrogens is 402 g/mol. The largest absolute Gasteiger partial charge is 0.454 e. The monoisotopic (exact) mass is 429 g/mol. The number of hydrogen-bond donors (Lipinski definition) is 1. The Morgan fingerprint density at radius 3 is 2.42 bits per heavy atom. The molecule has 9 heteroatoms. The zero-order valence-corrected chi connectivity index (χ0v) is 17.9. The zero-order chi connectivity index (χ0) is 23.1. The number of benzene rings is 1. The Kier molecular flexibility index (Phi) is 11.9. The van der Waals surface area contributed by atoms with Crippen LogP contribution in [0.5, 0.6) is 11.5 Å². The number of nitrogens with one attached hydrogen (secondary N) is 1. The van der Waals surface area contributed by atoms with Crippen molar-refractivity contribution in [2.75, 3.05) is 41.4 Å². The van der Waals surface area contributed by atoms with Crippen LogP contribution in [0.4, 0.5) is 0 Å². The Balaban J connectivity index is 0.000000454. The van der Waals surface area contributed by atoms with Gasteiger partial charge in [0.2, 0.25) is 6.79 Å². The van der Waals surface area contributed by atoms with Crippen molar-refractivity contribution in [3.8, 4) is 11.5 Å². The summed E-state index contributed by atoms with van der Waals surface area (Å²) in [6, 6.07) is 8.33. The number of aromatic nitrogens is 1. The van der Waals surface area contributed by atoms with Crippen LogP contribution in [0.3, 0.4) is 0 Å². The van der Waals surface area contributed by atoms with E-state index in [1.807, 2.05) is 0 Å². The van der Waals surface area contributed by atoms with E-state index in [1.54, 1.807) is 57.8 Å². The summed E-state index contributed by atoms with van der Waals surface area (Å²) in [5.74, 6) is 0.753. The van der Waals surface area contributed by atoms with Crippen LogP contribution >= 0.6 is 0 Å². The summed E-state index contributed by atoms with van der Waals surface area (Å²) in [6.45, 7) is 3.76. The summed E-state index contributed by atoms with van der Waals surface area (Å²) < 4.78 is 19.4. The first kappa shape index (κ1) is 25.5. The lowest BCUT2D eigenvalue weighted by Crippen LogP contribution is -2.32. The van der Waals surface area contributed by atoms with Crippen molar-refractivity contribution in [2.24, 2.45) is 0 Å². The molecule has 0 bridgehead atoms. The topological polar surface area (TPSA) is 111 Å². The van der Waals surface area contributed by atoms with E-state index in [9.17, 15) is 9.59 Å². The van der Waals surface area contributed by atoms with Gasteiger partial charge in [-0.3, -0.25) is 14.6 Å². The van der Waals surface area contributed by atoms with Crippen molar-refractivity contribution >= 4 is 17.9 Å². The zero-order valence-electron chi connectivity index (χ0n) is 17.9. The van der Waals surface area contributed by atoms with Gasteiger partial charge in [0.1, 0.15) is 6.79 Å². The van der Waals surface area contributed by atoms with Gasteiger partial charge in [-0.2, -0.15) is 0 Å². The highest BCUT2D eigenvalue weighted by Crippen LogP contribution is 2.32. The van der Waals surface area contributed by atoms with Gasteiger partial charge < -0.3 is 29.3 Å². The molecule has 0 atom stereocenters. The minimum atomic E-state index is -0.248. The molecule has 1 amide bonds. The van der Waals surface area contributed by atoms with Crippen LogP contribution in [0.2, 0.25) is 0 Å². The van der Waals surface area contributed by atoms with E-state index >= 15 is 0 Å². The van der Waals surface area contributed by atoms with Crippen molar-refractivity contribution in [3.05, 3.63) is 66.5 Å². The summed E-state index contributed by atoms with van der Waals surface area (Å²) in [5.41, 5.74) is 0.929. The quantitative estimate of drug-likeness (QED) is 0.409. The average molecular weight is 429 g/mol. The molecule has 0 radical (unpaired) electrons. The van der Waals surface area contributed by atoms with E-state index in [4.69, 9.17) is 14.9 Å². The van der Waals surface area contributed by atoms with Gasteiger partial charge in [0.05, 0.1) is 12.1 Å². The number of allylic oxidation sites excluding steroid dienone is 1. The number of Topliss-reactive ketones (excluding diaryl/α,β-unsaturated/α-hetero) is 1. The van der Waals surface area contributed by atoms with Gasteiger partial charge in [-0.15, -0.1) is 0 Å². The van der Waals surface area contributed by atoms with Crippen LogP contribution in [-0.2, 0) is 9.47 Å². The number of rotatable bonds is 7. The molecule has 0 fully saturated rings. The number of methoxy groups -OCH3 is 2. The molecule has 31 heavy (non-hydrogen) atoms. The maximum Gasteiger partial charge on any atom is 0.255 e. The lowest BCUT2D eigenvalue weighted by atomic mass is 10.1. The summed E-state index contributed by atoms with van der Waals surface area (Å²) >= 11 is 0. The van der Waals surface area contributed by atoms with Crippen LogP contribution in [-0.4, -0.2) is 69.2 Å². The highest BCUT2D eigenvalue weighted by Gasteiger charge is 2.19. The summed E-state index contributed by atoms with van der Waals surface area (Å²) in [7, 11) is 4.76. The first-order chi connectivity index (χ1) is 15.0. The van der Waals surface area contributed by atoms with Crippen LogP contribution in [0, 0.1) is 5.41 Å². The fourth-order valence-electron chi connectivity index (χ4n) is 2.28.